The Morgan fingerprint density at radius 1 is 1.25 bits per heavy atom. The topological polar surface area (TPSA) is 20.2 Å². The second kappa shape index (κ2) is 4.15. The zero-order valence-electron chi connectivity index (χ0n) is 9.27. The van der Waals surface area contributed by atoms with Crippen LogP contribution in [0, 0.1) is 17.8 Å². The van der Waals surface area contributed by atoms with E-state index >= 15 is 0 Å². The van der Waals surface area contributed by atoms with E-state index in [9.17, 15) is 5.11 Å². The molecule has 3 unspecified atom stereocenters. The first kappa shape index (κ1) is 10.8. The molecule has 0 amide bonds. The molecule has 0 aliphatic heterocycles. The van der Waals surface area contributed by atoms with Crippen LogP contribution in [-0.2, 0) is 6.42 Å². The lowest BCUT2D eigenvalue weighted by atomic mass is 10.00. The van der Waals surface area contributed by atoms with Crippen LogP contribution in [-0.4, -0.2) is 11.2 Å². The van der Waals surface area contributed by atoms with Gasteiger partial charge < -0.3 is 5.11 Å². The second-order valence-electron chi connectivity index (χ2n) is 5.20. The number of aliphatic hydroxyl groups excluding tert-OH is 1. The fraction of sp³-hybridized carbons (Fsp3) is 0.571. The first-order chi connectivity index (χ1) is 7.77. The molecule has 2 saturated carbocycles. The molecule has 1 N–H and O–H groups in total. The van der Waals surface area contributed by atoms with Crippen molar-refractivity contribution in [1.29, 1.82) is 0 Å². The summed E-state index contributed by atoms with van der Waals surface area (Å²) in [6, 6.07) is 8.22. The first-order valence-corrected chi connectivity index (χ1v) is 6.98. The lowest BCUT2D eigenvalue weighted by Gasteiger charge is -2.13. The molecule has 0 radical (unpaired) electrons. The number of hydrogen-bond donors (Lipinski definition) is 1. The standard InChI is InChI=1S/C14H17BrO/c15-12-7-2-1-4-9(12)8-13(16)14-10-5-3-6-11(10)14/h1-2,4,7,10-11,13-14,16H,3,5-6,8H2. The van der Waals surface area contributed by atoms with E-state index in [1.54, 1.807) is 0 Å². The van der Waals surface area contributed by atoms with Gasteiger partial charge in [0, 0.05) is 4.47 Å². The van der Waals surface area contributed by atoms with Crippen molar-refractivity contribution in [2.45, 2.75) is 31.8 Å². The molecule has 16 heavy (non-hydrogen) atoms. The quantitative estimate of drug-likeness (QED) is 0.900. The van der Waals surface area contributed by atoms with Crippen LogP contribution in [0.5, 0.6) is 0 Å². The molecule has 0 spiro atoms. The van der Waals surface area contributed by atoms with E-state index < -0.39 is 0 Å². The van der Waals surface area contributed by atoms with Gasteiger partial charge in [-0.2, -0.15) is 0 Å². The normalized spacial score (nSPS) is 33.5. The highest BCUT2D eigenvalue weighted by atomic mass is 79.9. The molecule has 3 rings (SSSR count). The van der Waals surface area contributed by atoms with Gasteiger partial charge in [0.15, 0.2) is 0 Å². The highest BCUT2D eigenvalue weighted by Gasteiger charge is 2.55. The number of halogens is 1. The van der Waals surface area contributed by atoms with Gasteiger partial charge in [-0.25, -0.2) is 0 Å². The van der Waals surface area contributed by atoms with Crippen molar-refractivity contribution in [3.63, 3.8) is 0 Å². The van der Waals surface area contributed by atoms with E-state index in [1.807, 2.05) is 12.1 Å². The minimum atomic E-state index is -0.131. The number of aliphatic hydroxyl groups is 1. The van der Waals surface area contributed by atoms with Gasteiger partial charge in [0.2, 0.25) is 0 Å². The van der Waals surface area contributed by atoms with Crippen LogP contribution in [0.3, 0.4) is 0 Å². The van der Waals surface area contributed by atoms with Crippen molar-refractivity contribution in [2.75, 3.05) is 0 Å². The molecule has 2 aliphatic carbocycles. The third kappa shape index (κ3) is 1.82. The van der Waals surface area contributed by atoms with Crippen LogP contribution in [0.1, 0.15) is 24.8 Å². The molecule has 3 atom stereocenters. The van der Waals surface area contributed by atoms with Crippen LogP contribution >= 0.6 is 15.9 Å². The smallest absolute Gasteiger partial charge is 0.0614 e. The molecule has 86 valence electrons. The molecule has 1 aromatic carbocycles. The van der Waals surface area contributed by atoms with Crippen molar-refractivity contribution in [2.24, 2.45) is 17.8 Å². The number of fused-ring (bicyclic) bond motifs is 1. The first-order valence-electron chi connectivity index (χ1n) is 6.19. The van der Waals surface area contributed by atoms with Gasteiger partial charge in [-0.1, -0.05) is 40.5 Å². The molecule has 1 nitrogen and oxygen atoms in total. The second-order valence-corrected chi connectivity index (χ2v) is 6.05. The molecule has 0 saturated heterocycles. The lowest BCUT2D eigenvalue weighted by molar-refractivity contribution is 0.135. The summed E-state index contributed by atoms with van der Waals surface area (Å²) in [5.74, 6) is 2.29. The largest absolute Gasteiger partial charge is 0.392 e. The third-order valence-corrected chi connectivity index (χ3v) is 5.08. The zero-order valence-corrected chi connectivity index (χ0v) is 10.9. The van der Waals surface area contributed by atoms with Crippen molar-refractivity contribution >= 4 is 15.9 Å². The molecule has 1 aromatic rings. The van der Waals surface area contributed by atoms with Crippen molar-refractivity contribution in [1.82, 2.24) is 0 Å². The Morgan fingerprint density at radius 3 is 2.62 bits per heavy atom. The molecular weight excluding hydrogens is 264 g/mol. The highest BCUT2D eigenvalue weighted by Crippen LogP contribution is 2.59. The Bertz CT molecular complexity index is 380. The van der Waals surface area contributed by atoms with Crippen LogP contribution in [0.2, 0.25) is 0 Å². The molecule has 2 heteroatoms. The predicted molar refractivity (Wildman–Crippen MR) is 68.2 cm³/mol. The molecule has 0 heterocycles. The summed E-state index contributed by atoms with van der Waals surface area (Å²) in [6.07, 6.45) is 4.76. The van der Waals surface area contributed by atoms with Crippen LogP contribution in [0.25, 0.3) is 0 Å². The maximum absolute atomic E-state index is 10.3. The minimum absolute atomic E-state index is 0.131. The van der Waals surface area contributed by atoms with Gasteiger partial charge in [-0.05, 0) is 48.6 Å². The van der Waals surface area contributed by atoms with E-state index in [0.717, 1.165) is 22.7 Å². The summed E-state index contributed by atoms with van der Waals surface area (Å²) in [4.78, 5) is 0. The Labute approximate surface area is 105 Å². The number of rotatable bonds is 3. The monoisotopic (exact) mass is 280 g/mol. The molecule has 0 bridgehead atoms. The average molecular weight is 281 g/mol. The molecule has 2 fully saturated rings. The maximum atomic E-state index is 10.3. The van der Waals surface area contributed by atoms with Gasteiger partial charge in [-0.3, -0.25) is 0 Å². The number of hydrogen-bond acceptors (Lipinski definition) is 1. The summed E-state index contributed by atoms with van der Waals surface area (Å²) in [5.41, 5.74) is 1.24. The van der Waals surface area contributed by atoms with E-state index in [2.05, 4.69) is 28.1 Å². The Morgan fingerprint density at radius 2 is 1.94 bits per heavy atom. The number of benzene rings is 1. The maximum Gasteiger partial charge on any atom is 0.0614 e. The fourth-order valence-corrected chi connectivity index (χ4v) is 3.92. The van der Waals surface area contributed by atoms with Crippen molar-refractivity contribution < 1.29 is 5.11 Å². The third-order valence-electron chi connectivity index (χ3n) is 4.30. The SMILES string of the molecule is OC(Cc1ccccc1Br)C1C2CCCC21. The summed E-state index contributed by atoms with van der Waals surface area (Å²) in [7, 11) is 0. The summed E-state index contributed by atoms with van der Waals surface area (Å²) < 4.78 is 1.12. The van der Waals surface area contributed by atoms with Crippen molar-refractivity contribution in [3.8, 4) is 0 Å². The van der Waals surface area contributed by atoms with Gasteiger partial charge in [0.05, 0.1) is 6.10 Å². The summed E-state index contributed by atoms with van der Waals surface area (Å²) in [6.45, 7) is 0. The van der Waals surface area contributed by atoms with Gasteiger partial charge >= 0.3 is 0 Å². The average Bonchev–Trinajstić information content (AvgIpc) is 2.76. The predicted octanol–water partition coefficient (Wildman–Crippen LogP) is 3.40. The summed E-state index contributed by atoms with van der Waals surface area (Å²) >= 11 is 3.54. The lowest BCUT2D eigenvalue weighted by Crippen LogP contribution is -2.16. The molecule has 0 aromatic heterocycles. The van der Waals surface area contributed by atoms with E-state index in [1.165, 1.54) is 24.8 Å². The fourth-order valence-electron chi connectivity index (χ4n) is 3.47. The summed E-state index contributed by atoms with van der Waals surface area (Å²) in [5, 5.41) is 10.3. The Hall–Kier alpha value is -0.340. The Balaban J connectivity index is 1.65. The van der Waals surface area contributed by atoms with E-state index in [4.69, 9.17) is 0 Å². The van der Waals surface area contributed by atoms with Crippen LogP contribution < -0.4 is 0 Å². The van der Waals surface area contributed by atoms with E-state index in [0.29, 0.717) is 5.92 Å². The van der Waals surface area contributed by atoms with Crippen LogP contribution in [0.4, 0.5) is 0 Å². The van der Waals surface area contributed by atoms with Crippen molar-refractivity contribution in [3.05, 3.63) is 34.3 Å². The van der Waals surface area contributed by atoms with Gasteiger partial charge in [0.25, 0.3) is 0 Å². The van der Waals surface area contributed by atoms with Gasteiger partial charge in [0.1, 0.15) is 0 Å². The van der Waals surface area contributed by atoms with E-state index in [-0.39, 0.29) is 6.10 Å². The highest BCUT2D eigenvalue weighted by molar-refractivity contribution is 9.10. The Kier molecular flexibility index (Phi) is 2.80. The minimum Gasteiger partial charge on any atom is -0.392 e. The van der Waals surface area contributed by atoms with Gasteiger partial charge in [-0.15, -0.1) is 0 Å². The molecule has 2 aliphatic rings. The van der Waals surface area contributed by atoms with Crippen LogP contribution in [0.15, 0.2) is 28.7 Å². The zero-order chi connectivity index (χ0) is 11.1. The molecular formula is C14H17BrO.